The zero-order valence-electron chi connectivity index (χ0n) is 8.27. The molecule has 3 heteroatoms. The van der Waals surface area contributed by atoms with Gasteiger partial charge in [-0.1, -0.05) is 30.3 Å². The number of carbonyl (C=O) groups excluding carboxylic acids is 1. The smallest absolute Gasteiger partial charge is 0.173 e. The minimum atomic E-state index is -1.79. The highest BCUT2D eigenvalue weighted by Crippen LogP contribution is 2.25. The largest absolute Gasteiger partial charge is 0.390 e. The Hall–Kier alpha value is -1.19. The number of carbonyl (C=O) groups is 1. The molecule has 1 aromatic rings. The maximum atomic E-state index is 11.3. The predicted octanol–water partition coefficient (Wildman–Crippen LogP) is 0.844. The van der Waals surface area contributed by atoms with Crippen molar-refractivity contribution in [2.75, 3.05) is 0 Å². The highest BCUT2D eigenvalue weighted by atomic mass is 16.3. The standard InChI is InChI=1S/C11H14O3/c1-8(12)11(14,9(2)13)10-6-4-3-5-7-10/h3-8,12,14H,1-2H3/t8-,11+/m1/s1. The molecule has 1 aromatic carbocycles. The van der Waals surface area contributed by atoms with Crippen LogP contribution in [-0.2, 0) is 10.4 Å². The van der Waals surface area contributed by atoms with E-state index in [1.807, 2.05) is 0 Å². The summed E-state index contributed by atoms with van der Waals surface area (Å²) in [5.41, 5.74) is -1.37. The number of hydrogen-bond acceptors (Lipinski definition) is 3. The monoisotopic (exact) mass is 194 g/mol. The van der Waals surface area contributed by atoms with E-state index in [1.165, 1.54) is 13.8 Å². The molecule has 0 aromatic heterocycles. The molecule has 14 heavy (non-hydrogen) atoms. The summed E-state index contributed by atoms with van der Waals surface area (Å²) in [6.07, 6.45) is -1.12. The van der Waals surface area contributed by atoms with Gasteiger partial charge in [0.25, 0.3) is 0 Å². The zero-order valence-corrected chi connectivity index (χ0v) is 8.27. The second kappa shape index (κ2) is 3.90. The van der Waals surface area contributed by atoms with Gasteiger partial charge in [0, 0.05) is 0 Å². The van der Waals surface area contributed by atoms with Gasteiger partial charge in [-0.25, -0.2) is 0 Å². The van der Waals surface area contributed by atoms with Gasteiger partial charge in [-0.3, -0.25) is 4.79 Å². The quantitative estimate of drug-likeness (QED) is 0.749. The molecule has 3 nitrogen and oxygen atoms in total. The number of rotatable bonds is 3. The van der Waals surface area contributed by atoms with Crippen LogP contribution in [0.5, 0.6) is 0 Å². The van der Waals surface area contributed by atoms with Crippen LogP contribution in [-0.4, -0.2) is 22.1 Å². The molecule has 0 spiro atoms. The number of Topliss-reactive ketones (excluding diaryl/α,β-unsaturated/α-hetero) is 1. The van der Waals surface area contributed by atoms with E-state index in [-0.39, 0.29) is 0 Å². The molecule has 0 amide bonds. The third kappa shape index (κ3) is 1.69. The van der Waals surface area contributed by atoms with Crippen LogP contribution in [0.3, 0.4) is 0 Å². The Balaban J connectivity index is 3.20. The Morgan fingerprint density at radius 3 is 2.21 bits per heavy atom. The van der Waals surface area contributed by atoms with E-state index in [0.717, 1.165) is 0 Å². The van der Waals surface area contributed by atoms with Crippen molar-refractivity contribution in [3.8, 4) is 0 Å². The molecule has 76 valence electrons. The van der Waals surface area contributed by atoms with E-state index >= 15 is 0 Å². The third-order valence-corrected chi connectivity index (χ3v) is 2.36. The van der Waals surface area contributed by atoms with Gasteiger partial charge in [-0.15, -0.1) is 0 Å². The van der Waals surface area contributed by atoms with Crippen LogP contribution in [0.4, 0.5) is 0 Å². The Labute approximate surface area is 83.0 Å². The van der Waals surface area contributed by atoms with Crippen LogP contribution >= 0.6 is 0 Å². The Morgan fingerprint density at radius 1 is 1.36 bits per heavy atom. The highest BCUT2D eigenvalue weighted by molar-refractivity contribution is 5.86. The summed E-state index contributed by atoms with van der Waals surface area (Å²) < 4.78 is 0. The first-order valence-electron chi connectivity index (χ1n) is 4.46. The van der Waals surface area contributed by atoms with Crippen molar-refractivity contribution in [1.29, 1.82) is 0 Å². The van der Waals surface area contributed by atoms with Gasteiger partial charge in [0.15, 0.2) is 11.4 Å². The molecule has 0 heterocycles. The summed E-state index contributed by atoms with van der Waals surface area (Å²) in [6, 6.07) is 8.45. The molecule has 0 bridgehead atoms. The molecular weight excluding hydrogens is 180 g/mol. The van der Waals surface area contributed by atoms with Crippen LogP contribution < -0.4 is 0 Å². The minimum Gasteiger partial charge on any atom is -0.390 e. The Kier molecular flexibility index (Phi) is 3.03. The van der Waals surface area contributed by atoms with E-state index in [1.54, 1.807) is 30.3 Å². The second-order valence-electron chi connectivity index (χ2n) is 3.36. The van der Waals surface area contributed by atoms with Crippen molar-refractivity contribution in [1.82, 2.24) is 0 Å². The average Bonchev–Trinajstić information content (AvgIpc) is 2.17. The average molecular weight is 194 g/mol. The molecule has 0 unspecified atom stereocenters. The first-order valence-corrected chi connectivity index (χ1v) is 4.46. The van der Waals surface area contributed by atoms with Crippen molar-refractivity contribution in [3.63, 3.8) is 0 Å². The fourth-order valence-corrected chi connectivity index (χ4v) is 1.43. The van der Waals surface area contributed by atoms with Crippen molar-refractivity contribution >= 4 is 5.78 Å². The zero-order chi connectivity index (χ0) is 10.8. The maximum absolute atomic E-state index is 11.3. The second-order valence-corrected chi connectivity index (χ2v) is 3.36. The maximum Gasteiger partial charge on any atom is 0.173 e. The molecule has 0 saturated heterocycles. The lowest BCUT2D eigenvalue weighted by Gasteiger charge is -2.28. The van der Waals surface area contributed by atoms with E-state index < -0.39 is 17.5 Å². The fraction of sp³-hybridized carbons (Fsp3) is 0.364. The van der Waals surface area contributed by atoms with Crippen LogP contribution in [0, 0.1) is 0 Å². The van der Waals surface area contributed by atoms with Gasteiger partial charge in [-0.2, -0.15) is 0 Å². The van der Waals surface area contributed by atoms with E-state index in [4.69, 9.17) is 0 Å². The van der Waals surface area contributed by atoms with Gasteiger partial charge in [0.2, 0.25) is 0 Å². The van der Waals surface area contributed by atoms with Crippen LogP contribution in [0.25, 0.3) is 0 Å². The van der Waals surface area contributed by atoms with Gasteiger partial charge in [0.05, 0.1) is 6.10 Å². The summed E-state index contributed by atoms with van der Waals surface area (Å²) in [5.74, 6) is -0.460. The molecule has 0 saturated carbocycles. The lowest BCUT2D eigenvalue weighted by atomic mass is 9.85. The van der Waals surface area contributed by atoms with Crippen molar-refractivity contribution in [2.45, 2.75) is 25.6 Å². The van der Waals surface area contributed by atoms with Crippen molar-refractivity contribution < 1.29 is 15.0 Å². The van der Waals surface area contributed by atoms with Gasteiger partial charge in [-0.05, 0) is 19.4 Å². The highest BCUT2D eigenvalue weighted by Gasteiger charge is 2.39. The van der Waals surface area contributed by atoms with Crippen molar-refractivity contribution in [2.24, 2.45) is 0 Å². The number of hydrogen-bond donors (Lipinski definition) is 2. The van der Waals surface area contributed by atoms with E-state index in [9.17, 15) is 15.0 Å². The van der Waals surface area contributed by atoms with Crippen molar-refractivity contribution in [3.05, 3.63) is 35.9 Å². The fourth-order valence-electron chi connectivity index (χ4n) is 1.43. The number of ketones is 1. The predicted molar refractivity (Wildman–Crippen MR) is 52.7 cm³/mol. The van der Waals surface area contributed by atoms with Gasteiger partial charge < -0.3 is 10.2 Å². The normalized spacial score (nSPS) is 17.1. The number of benzene rings is 1. The third-order valence-electron chi connectivity index (χ3n) is 2.36. The van der Waals surface area contributed by atoms with E-state index in [0.29, 0.717) is 5.56 Å². The summed E-state index contributed by atoms with van der Waals surface area (Å²) in [7, 11) is 0. The molecule has 0 radical (unpaired) electrons. The summed E-state index contributed by atoms with van der Waals surface area (Å²) in [4.78, 5) is 11.3. The molecule has 0 fully saturated rings. The SMILES string of the molecule is CC(=O)[C@](O)(c1ccccc1)[C@@H](C)O. The van der Waals surface area contributed by atoms with E-state index in [2.05, 4.69) is 0 Å². The van der Waals surface area contributed by atoms with Gasteiger partial charge in [0.1, 0.15) is 0 Å². The topological polar surface area (TPSA) is 57.5 Å². The minimum absolute atomic E-state index is 0.419. The lowest BCUT2D eigenvalue weighted by Crippen LogP contribution is -2.43. The number of aliphatic hydroxyl groups excluding tert-OH is 1. The molecule has 0 aliphatic rings. The molecule has 2 N–H and O–H groups in total. The van der Waals surface area contributed by atoms with Gasteiger partial charge >= 0.3 is 0 Å². The molecule has 1 rings (SSSR count). The molecule has 0 aliphatic heterocycles. The van der Waals surface area contributed by atoms with Crippen LogP contribution in [0.1, 0.15) is 19.4 Å². The first kappa shape index (κ1) is 10.9. The summed E-state index contributed by atoms with van der Waals surface area (Å²) in [5, 5.41) is 19.5. The summed E-state index contributed by atoms with van der Waals surface area (Å²) in [6.45, 7) is 2.66. The summed E-state index contributed by atoms with van der Waals surface area (Å²) >= 11 is 0. The Morgan fingerprint density at radius 2 is 1.86 bits per heavy atom. The first-order chi connectivity index (χ1) is 6.49. The number of aliphatic hydroxyl groups is 2. The molecule has 0 aliphatic carbocycles. The molecular formula is C11H14O3. The Bertz CT molecular complexity index is 319. The van der Waals surface area contributed by atoms with Crippen LogP contribution in [0.15, 0.2) is 30.3 Å². The van der Waals surface area contributed by atoms with Crippen LogP contribution in [0.2, 0.25) is 0 Å². The molecule has 2 atom stereocenters. The lowest BCUT2D eigenvalue weighted by molar-refractivity contribution is -0.148.